The van der Waals surface area contributed by atoms with E-state index in [1.54, 1.807) is 0 Å². The Labute approximate surface area is 164 Å². The monoisotopic (exact) mass is 466 g/mol. The van der Waals surface area contributed by atoms with Gasteiger partial charge >= 0.3 is 0 Å². The normalized spacial score (nSPS) is 26.5. The molecule has 3 nitrogen and oxygen atoms in total. The van der Waals surface area contributed by atoms with E-state index < -0.39 is 11.2 Å². The highest BCUT2D eigenvalue weighted by atomic mass is 79.9. The summed E-state index contributed by atoms with van der Waals surface area (Å²) in [7, 11) is 0. The van der Waals surface area contributed by atoms with Crippen LogP contribution in [-0.2, 0) is 25.4 Å². The average Bonchev–Trinajstić information content (AvgIpc) is 3.58. The standard InChI is InChI=1S/C20H20Br2O3/c21-13-19(17-11-23-17,15-7-3-1-4-8-15)25-20(14-22,18-12-24-18)16-9-5-2-6-10-16/h1-10,17-18H,11-14H2. The van der Waals surface area contributed by atoms with Crippen molar-refractivity contribution in [2.75, 3.05) is 23.9 Å². The van der Waals surface area contributed by atoms with E-state index in [1.165, 1.54) is 0 Å². The van der Waals surface area contributed by atoms with E-state index in [-0.39, 0.29) is 12.2 Å². The quantitative estimate of drug-likeness (QED) is 0.426. The van der Waals surface area contributed by atoms with Crippen LogP contribution in [0.5, 0.6) is 0 Å². The van der Waals surface area contributed by atoms with Gasteiger partial charge in [0.05, 0.1) is 13.2 Å². The van der Waals surface area contributed by atoms with Crippen LogP contribution < -0.4 is 0 Å². The van der Waals surface area contributed by atoms with Crippen LogP contribution in [0.4, 0.5) is 0 Å². The predicted molar refractivity (Wildman–Crippen MR) is 104 cm³/mol. The number of alkyl halides is 2. The first-order valence-corrected chi connectivity index (χ1v) is 10.7. The van der Waals surface area contributed by atoms with Gasteiger partial charge in [-0.25, -0.2) is 0 Å². The van der Waals surface area contributed by atoms with Crippen molar-refractivity contribution >= 4 is 31.9 Å². The minimum Gasteiger partial charge on any atom is -0.370 e. The third-order valence-electron chi connectivity index (χ3n) is 4.99. The zero-order valence-corrected chi connectivity index (χ0v) is 16.9. The fourth-order valence-corrected chi connectivity index (χ4v) is 5.00. The summed E-state index contributed by atoms with van der Waals surface area (Å²) in [5.74, 6) is 0. The average molecular weight is 468 g/mol. The lowest BCUT2D eigenvalue weighted by Gasteiger charge is -2.42. The number of ether oxygens (including phenoxy) is 3. The molecule has 2 heterocycles. The van der Waals surface area contributed by atoms with Crippen molar-refractivity contribution in [1.82, 2.24) is 0 Å². The molecule has 4 atom stereocenters. The molecule has 25 heavy (non-hydrogen) atoms. The topological polar surface area (TPSA) is 34.3 Å². The van der Waals surface area contributed by atoms with Crippen LogP contribution in [-0.4, -0.2) is 36.1 Å². The van der Waals surface area contributed by atoms with Gasteiger partial charge < -0.3 is 14.2 Å². The van der Waals surface area contributed by atoms with Crippen LogP contribution in [0.15, 0.2) is 60.7 Å². The Balaban J connectivity index is 1.79. The number of rotatable bonds is 8. The molecule has 2 fully saturated rings. The van der Waals surface area contributed by atoms with Gasteiger partial charge in [0.1, 0.15) is 23.4 Å². The largest absolute Gasteiger partial charge is 0.370 e. The molecule has 0 saturated carbocycles. The Morgan fingerprint density at radius 3 is 1.40 bits per heavy atom. The Hall–Kier alpha value is -0.720. The minimum absolute atomic E-state index is 0.0372. The van der Waals surface area contributed by atoms with Gasteiger partial charge in [0.25, 0.3) is 0 Å². The molecular weight excluding hydrogens is 448 g/mol. The maximum atomic E-state index is 7.00. The van der Waals surface area contributed by atoms with Gasteiger partial charge in [0.2, 0.25) is 0 Å². The summed E-state index contributed by atoms with van der Waals surface area (Å²) in [6, 6.07) is 20.7. The molecule has 4 rings (SSSR count). The second kappa shape index (κ2) is 7.12. The summed E-state index contributed by atoms with van der Waals surface area (Å²) in [6.07, 6.45) is 0.0744. The summed E-state index contributed by atoms with van der Waals surface area (Å²) < 4.78 is 18.5. The van der Waals surface area contributed by atoms with E-state index in [0.717, 1.165) is 11.1 Å². The van der Waals surface area contributed by atoms with Gasteiger partial charge in [-0.05, 0) is 11.1 Å². The summed E-state index contributed by atoms with van der Waals surface area (Å²) >= 11 is 7.43. The number of benzene rings is 2. The fraction of sp³-hybridized carbons (Fsp3) is 0.400. The lowest BCUT2D eigenvalue weighted by atomic mass is 9.87. The molecule has 0 aromatic heterocycles. The van der Waals surface area contributed by atoms with Gasteiger partial charge in [0.15, 0.2) is 0 Å². The van der Waals surface area contributed by atoms with Crippen LogP contribution in [0.1, 0.15) is 11.1 Å². The highest BCUT2D eigenvalue weighted by Crippen LogP contribution is 2.49. The maximum absolute atomic E-state index is 7.00. The number of hydrogen-bond acceptors (Lipinski definition) is 3. The summed E-state index contributed by atoms with van der Waals surface area (Å²) in [5, 5.41) is 1.31. The van der Waals surface area contributed by atoms with Gasteiger partial charge in [-0.1, -0.05) is 92.5 Å². The SMILES string of the molecule is BrCC(OC(CBr)(c1ccccc1)C1CO1)(c1ccccc1)C1CO1. The Kier molecular flexibility index (Phi) is 5.04. The molecule has 5 heteroatoms. The van der Waals surface area contributed by atoms with Crippen molar-refractivity contribution in [3.63, 3.8) is 0 Å². The van der Waals surface area contributed by atoms with Crippen molar-refractivity contribution in [2.24, 2.45) is 0 Å². The maximum Gasteiger partial charge on any atom is 0.132 e. The van der Waals surface area contributed by atoms with E-state index in [9.17, 15) is 0 Å². The van der Waals surface area contributed by atoms with Crippen LogP contribution in [0.25, 0.3) is 0 Å². The molecule has 0 N–H and O–H groups in total. The molecule has 2 saturated heterocycles. The van der Waals surface area contributed by atoms with E-state index >= 15 is 0 Å². The van der Waals surface area contributed by atoms with E-state index in [4.69, 9.17) is 14.2 Å². The van der Waals surface area contributed by atoms with Crippen molar-refractivity contribution in [3.05, 3.63) is 71.8 Å². The molecule has 0 aliphatic carbocycles. The smallest absolute Gasteiger partial charge is 0.132 e. The summed E-state index contributed by atoms with van der Waals surface area (Å²) in [6.45, 7) is 1.42. The van der Waals surface area contributed by atoms with Gasteiger partial charge in [-0.2, -0.15) is 0 Å². The first kappa shape index (κ1) is 17.7. The number of hydrogen-bond donors (Lipinski definition) is 0. The first-order valence-electron chi connectivity index (χ1n) is 8.41. The summed E-state index contributed by atoms with van der Waals surface area (Å²) in [4.78, 5) is 0. The number of halogens is 2. The molecule has 2 aromatic carbocycles. The molecule has 0 radical (unpaired) electrons. The zero-order chi connectivity index (χ0) is 17.3. The molecule has 0 spiro atoms. The molecule has 0 amide bonds. The van der Waals surface area contributed by atoms with Gasteiger partial charge in [-0.15, -0.1) is 0 Å². The van der Waals surface area contributed by atoms with E-state index in [0.29, 0.717) is 23.9 Å². The minimum atomic E-state index is -0.559. The van der Waals surface area contributed by atoms with Crippen LogP contribution in [0.3, 0.4) is 0 Å². The summed E-state index contributed by atoms with van der Waals surface area (Å²) in [5.41, 5.74) is 1.13. The lowest BCUT2D eigenvalue weighted by Crippen LogP contribution is -2.49. The third-order valence-corrected chi connectivity index (χ3v) is 6.66. The number of epoxide rings is 2. The molecule has 132 valence electrons. The van der Waals surface area contributed by atoms with E-state index in [2.05, 4.69) is 56.1 Å². The Morgan fingerprint density at radius 2 is 1.12 bits per heavy atom. The molecule has 2 aliphatic heterocycles. The first-order chi connectivity index (χ1) is 12.2. The highest BCUT2D eigenvalue weighted by molar-refractivity contribution is 9.09. The molecular formula is C20H20Br2O3. The van der Waals surface area contributed by atoms with Crippen molar-refractivity contribution in [3.8, 4) is 0 Å². The van der Waals surface area contributed by atoms with E-state index in [1.807, 2.05) is 36.4 Å². The van der Waals surface area contributed by atoms with Gasteiger partial charge in [-0.3, -0.25) is 0 Å². The Morgan fingerprint density at radius 1 is 0.760 bits per heavy atom. The van der Waals surface area contributed by atoms with Crippen LogP contribution in [0.2, 0.25) is 0 Å². The Bertz CT molecular complexity index is 642. The van der Waals surface area contributed by atoms with Crippen molar-refractivity contribution in [1.29, 1.82) is 0 Å². The highest BCUT2D eigenvalue weighted by Gasteiger charge is 2.58. The molecule has 2 aromatic rings. The van der Waals surface area contributed by atoms with Crippen LogP contribution in [0, 0.1) is 0 Å². The second-order valence-electron chi connectivity index (χ2n) is 6.52. The second-order valence-corrected chi connectivity index (χ2v) is 7.65. The predicted octanol–water partition coefficient (Wildman–Crippen LogP) is 4.38. The van der Waals surface area contributed by atoms with Gasteiger partial charge in [0, 0.05) is 10.7 Å². The third kappa shape index (κ3) is 3.21. The van der Waals surface area contributed by atoms with Crippen molar-refractivity contribution < 1.29 is 14.2 Å². The zero-order valence-electron chi connectivity index (χ0n) is 13.7. The molecule has 0 bridgehead atoms. The fourth-order valence-electron chi connectivity index (χ4n) is 3.40. The molecule has 2 aliphatic rings. The van der Waals surface area contributed by atoms with Crippen LogP contribution >= 0.6 is 31.9 Å². The van der Waals surface area contributed by atoms with Crippen molar-refractivity contribution in [2.45, 2.75) is 23.4 Å². The molecule has 4 unspecified atom stereocenters. The lowest BCUT2D eigenvalue weighted by molar-refractivity contribution is -0.165.